The molecule has 134 valence electrons. The van der Waals surface area contributed by atoms with Gasteiger partial charge in [-0.05, 0) is 35.4 Å². The van der Waals surface area contributed by atoms with Crippen LogP contribution in [0.25, 0.3) is 32.8 Å². The molecule has 0 bridgehead atoms. The van der Waals surface area contributed by atoms with Gasteiger partial charge in [0.1, 0.15) is 10.7 Å². The highest BCUT2D eigenvalue weighted by molar-refractivity contribution is 7.21. The number of ether oxygens (including phenoxy) is 1. The van der Waals surface area contributed by atoms with Crippen molar-refractivity contribution in [3.8, 4) is 21.9 Å². The third kappa shape index (κ3) is 3.47. The highest BCUT2D eigenvalue weighted by atomic mass is 32.1. The summed E-state index contributed by atoms with van der Waals surface area (Å²) >= 11 is 1.49. The summed E-state index contributed by atoms with van der Waals surface area (Å²) in [6.07, 6.45) is 3.49. The van der Waals surface area contributed by atoms with Crippen LogP contribution < -0.4 is 10.3 Å². The van der Waals surface area contributed by atoms with E-state index in [-0.39, 0.29) is 11.3 Å². The van der Waals surface area contributed by atoms with Gasteiger partial charge in [-0.2, -0.15) is 0 Å². The fourth-order valence-corrected chi connectivity index (χ4v) is 3.80. The first-order chi connectivity index (χ1) is 13.1. The fourth-order valence-electron chi connectivity index (χ4n) is 2.76. The van der Waals surface area contributed by atoms with Gasteiger partial charge in [0.2, 0.25) is 0 Å². The number of fused-ring (bicyclic) bond motifs is 1. The van der Waals surface area contributed by atoms with Crippen LogP contribution >= 0.6 is 11.3 Å². The average molecular weight is 376 g/mol. The molecule has 2 aromatic heterocycles. The second-order valence-corrected chi connectivity index (χ2v) is 6.94. The maximum Gasteiger partial charge on any atom is 0.259 e. The molecule has 0 amide bonds. The monoisotopic (exact) mass is 376 g/mol. The number of rotatable bonds is 4. The van der Waals surface area contributed by atoms with Gasteiger partial charge in [-0.3, -0.25) is 4.79 Å². The number of methoxy groups -OCH3 is 1. The molecule has 0 saturated carbocycles. The van der Waals surface area contributed by atoms with Crippen molar-refractivity contribution in [1.82, 2.24) is 9.97 Å². The Balaban J connectivity index is 1.69. The van der Waals surface area contributed by atoms with Crippen LogP contribution in [0.5, 0.6) is 11.5 Å². The van der Waals surface area contributed by atoms with Gasteiger partial charge in [0.05, 0.1) is 12.5 Å². The molecule has 2 N–H and O–H groups in total. The van der Waals surface area contributed by atoms with Crippen LogP contribution in [0.2, 0.25) is 0 Å². The number of aromatic hydroxyl groups is 1. The molecular weight excluding hydrogens is 360 g/mol. The maximum atomic E-state index is 12.4. The molecule has 6 heteroatoms. The molecule has 0 aliphatic heterocycles. The lowest BCUT2D eigenvalue weighted by Gasteiger charge is -2.03. The summed E-state index contributed by atoms with van der Waals surface area (Å²) in [4.78, 5) is 21.4. The van der Waals surface area contributed by atoms with E-state index in [0.29, 0.717) is 21.8 Å². The van der Waals surface area contributed by atoms with Gasteiger partial charge in [0.25, 0.3) is 5.56 Å². The average Bonchev–Trinajstić information content (AvgIpc) is 3.12. The van der Waals surface area contributed by atoms with Gasteiger partial charge in [0, 0.05) is 4.88 Å². The Kier molecular flexibility index (Phi) is 4.48. The Hall–Kier alpha value is -3.38. The van der Waals surface area contributed by atoms with E-state index in [1.165, 1.54) is 18.4 Å². The number of hydrogen-bond donors (Lipinski definition) is 2. The Labute approximate surface area is 159 Å². The number of H-pyrrole nitrogens is 1. The molecule has 5 nitrogen and oxygen atoms in total. The lowest BCUT2D eigenvalue weighted by Crippen LogP contribution is -2.07. The molecule has 27 heavy (non-hydrogen) atoms. The van der Waals surface area contributed by atoms with E-state index in [9.17, 15) is 9.90 Å². The molecule has 0 atom stereocenters. The third-order valence-corrected chi connectivity index (χ3v) is 5.19. The van der Waals surface area contributed by atoms with Crippen molar-refractivity contribution in [3.63, 3.8) is 0 Å². The summed E-state index contributed by atoms with van der Waals surface area (Å²) in [5.74, 6) is 0.929. The number of phenols is 1. The smallest absolute Gasteiger partial charge is 0.259 e. The van der Waals surface area contributed by atoms with E-state index in [0.717, 1.165) is 16.0 Å². The van der Waals surface area contributed by atoms with Gasteiger partial charge < -0.3 is 14.8 Å². The summed E-state index contributed by atoms with van der Waals surface area (Å²) in [5.41, 5.74) is 1.66. The van der Waals surface area contributed by atoms with Gasteiger partial charge in [-0.15, -0.1) is 11.3 Å². The summed E-state index contributed by atoms with van der Waals surface area (Å²) in [7, 11) is 1.50. The Bertz CT molecular complexity index is 1190. The summed E-state index contributed by atoms with van der Waals surface area (Å²) in [5, 5.41) is 10.4. The molecule has 4 aromatic rings. The van der Waals surface area contributed by atoms with E-state index >= 15 is 0 Å². The normalized spacial score (nSPS) is 11.3. The number of phenolic OH excluding ortho intramolecular Hbond substituents is 1. The molecule has 0 saturated heterocycles. The molecule has 2 aromatic carbocycles. The van der Waals surface area contributed by atoms with Gasteiger partial charge in [-0.25, -0.2) is 4.98 Å². The van der Waals surface area contributed by atoms with E-state index < -0.39 is 0 Å². The van der Waals surface area contributed by atoms with Crippen LogP contribution in [-0.4, -0.2) is 22.2 Å². The number of thiophene rings is 1. The van der Waals surface area contributed by atoms with Crippen molar-refractivity contribution >= 4 is 33.7 Å². The predicted octanol–water partition coefficient (Wildman–Crippen LogP) is 4.54. The number of nitrogens with one attached hydrogen (secondary N) is 1. The first-order valence-electron chi connectivity index (χ1n) is 8.28. The molecule has 4 rings (SSSR count). The van der Waals surface area contributed by atoms with Crippen molar-refractivity contribution in [3.05, 3.63) is 76.3 Å². The molecule has 0 spiro atoms. The third-order valence-electron chi connectivity index (χ3n) is 4.12. The topological polar surface area (TPSA) is 75.2 Å². The van der Waals surface area contributed by atoms with E-state index in [2.05, 4.69) is 9.97 Å². The first kappa shape index (κ1) is 17.1. The number of aromatic nitrogens is 2. The molecule has 0 fully saturated rings. The first-order valence-corrected chi connectivity index (χ1v) is 9.10. The Morgan fingerprint density at radius 3 is 2.67 bits per heavy atom. The quantitative estimate of drug-likeness (QED) is 0.548. The number of hydrogen-bond acceptors (Lipinski definition) is 5. The van der Waals surface area contributed by atoms with Gasteiger partial charge in [0.15, 0.2) is 11.5 Å². The lowest BCUT2D eigenvalue weighted by atomic mass is 10.2. The minimum absolute atomic E-state index is 0.0577. The predicted molar refractivity (Wildman–Crippen MR) is 109 cm³/mol. The number of nitrogens with zero attached hydrogens (tertiary/aromatic N) is 1. The second kappa shape index (κ2) is 7.09. The van der Waals surface area contributed by atoms with Crippen LogP contribution in [0, 0.1) is 0 Å². The summed E-state index contributed by atoms with van der Waals surface area (Å²) in [6, 6.07) is 16.9. The maximum absolute atomic E-state index is 12.4. The molecular formula is C21H16N2O3S. The number of benzene rings is 2. The lowest BCUT2D eigenvalue weighted by molar-refractivity contribution is 0.373. The van der Waals surface area contributed by atoms with E-state index in [1.807, 2.05) is 42.5 Å². The fraction of sp³-hybridized carbons (Fsp3) is 0.0476. The molecule has 0 aliphatic rings. The minimum atomic E-state index is -0.171. The highest BCUT2D eigenvalue weighted by Gasteiger charge is 2.09. The molecule has 0 radical (unpaired) electrons. The standard InChI is InChI=1S/C21H16N2O3S/c1-26-17-9-7-13(11-16(17)24)8-10-19-22-20(25)15-12-18(27-21(15)23-19)14-5-3-2-4-6-14/h2-12,24H,1H3,(H,22,23,25). The zero-order valence-electron chi connectivity index (χ0n) is 14.5. The van der Waals surface area contributed by atoms with E-state index in [4.69, 9.17) is 4.74 Å². The van der Waals surface area contributed by atoms with Crippen LogP contribution in [0.1, 0.15) is 11.4 Å². The van der Waals surface area contributed by atoms with Crippen LogP contribution in [0.3, 0.4) is 0 Å². The molecule has 2 heterocycles. The van der Waals surface area contributed by atoms with Crippen molar-refractivity contribution in [2.45, 2.75) is 0 Å². The van der Waals surface area contributed by atoms with Crippen LogP contribution in [0.15, 0.2) is 59.4 Å². The zero-order valence-corrected chi connectivity index (χ0v) is 15.3. The van der Waals surface area contributed by atoms with Crippen molar-refractivity contribution in [2.24, 2.45) is 0 Å². The van der Waals surface area contributed by atoms with Crippen LogP contribution in [0.4, 0.5) is 0 Å². The molecule has 0 aliphatic carbocycles. The highest BCUT2D eigenvalue weighted by Crippen LogP contribution is 2.31. The van der Waals surface area contributed by atoms with Gasteiger partial charge >= 0.3 is 0 Å². The Morgan fingerprint density at radius 1 is 1.11 bits per heavy atom. The largest absolute Gasteiger partial charge is 0.504 e. The van der Waals surface area contributed by atoms with Gasteiger partial charge in [-0.1, -0.05) is 42.5 Å². The Morgan fingerprint density at radius 2 is 1.93 bits per heavy atom. The minimum Gasteiger partial charge on any atom is -0.504 e. The van der Waals surface area contributed by atoms with Crippen LogP contribution in [-0.2, 0) is 0 Å². The molecule has 0 unspecified atom stereocenters. The SMILES string of the molecule is COc1ccc(C=Cc2nc3sc(-c4ccccc4)cc3c(=O)[nH]2)cc1O. The van der Waals surface area contributed by atoms with E-state index in [1.54, 1.807) is 24.3 Å². The summed E-state index contributed by atoms with van der Waals surface area (Å²) in [6.45, 7) is 0. The second-order valence-electron chi connectivity index (χ2n) is 5.91. The van der Waals surface area contributed by atoms with Crippen molar-refractivity contribution < 1.29 is 9.84 Å². The zero-order chi connectivity index (χ0) is 18.8. The van der Waals surface area contributed by atoms with Crippen molar-refractivity contribution in [2.75, 3.05) is 7.11 Å². The van der Waals surface area contributed by atoms with Crippen molar-refractivity contribution in [1.29, 1.82) is 0 Å². The number of aromatic amines is 1. The summed E-state index contributed by atoms with van der Waals surface area (Å²) < 4.78 is 5.03.